The van der Waals surface area contributed by atoms with Gasteiger partial charge in [-0.25, -0.2) is 22.0 Å². The number of ketones is 1. The highest BCUT2D eigenvalue weighted by atomic mass is 35.5. The van der Waals surface area contributed by atoms with E-state index in [0.29, 0.717) is 12.2 Å². The lowest BCUT2D eigenvalue weighted by Crippen LogP contribution is -2.04. The summed E-state index contributed by atoms with van der Waals surface area (Å²) in [4.78, 5) is 11.8. The maximum atomic E-state index is 13.4. The molecule has 0 radical (unpaired) electrons. The number of carbonyl (C=O) groups is 1. The summed E-state index contributed by atoms with van der Waals surface area (Å²) in [5, 5.41) is 0.260. The van der Waals surface area contributed by atoms with Crippen LogP contribution in [0.2, 0.25) is 5.02 Å². The van der Waals surface area contributed by atoms with Gasteiger partial charge in [0.1, 0.15) is 0 Å². The van der Waals surface area contributed by atoms with Gasteiger partial charge in [0.15, 0.2) is 29.1 Å². The van der Waals surface area contributed by atoms with Gasteiger partial charge in [0.25, 0.3) is 0 Å². The Labute approximate surface area is 126 Å². The molecule has 0 saturated carbocycles. The molecule has 2 aromatic rings. The summed E-state index contributed by atoms with van der Waals surface area (Å²) >= 11 is 5.68. The molecule has 0 aliphatic rings. The molecule has 7 heteroatoms. The Balaban J connectivity index is 2.41. The molecule has 1 nitrogen and oxygen atoms in total. The van der Waals surface area contributed by atoms with E-state index in [2.05, 4.69) is 0 Å². The largest absolute Gasteiger partial charge is 0.289 e. The van der Waals surface area contributed by atoms with Crippen molar-refractivity contribution in [3.05, 3.63) is 75.6 Å². The maximum Gasteiger partial charge on any atom is 0.200 e. The van der Waals surface area contributed by atoms with Crippen molar-refractivity contribution in [2.24, 2.45) is 0 Å². The first-order valence-corrected chi connectivity index (χ1v) is 6.20. The number of rotatable bonds is 3. The summed E-state index contributed by atoms with van der Waals surface area (Å²) in [6.45, 7) is 0. The fraction of sp³-hybridized carbons (Fsp3) is 0. The minimum atomic E-state index is -2.26. The molecule has 2 aromatic carbocycles. The summed E-state index contributed by atoms with van der Waals surface area (Å²) in [5.74, 6) is -11.1. The van der Waals surface area contributed by atoms with Gasteiger partial charge in [0.2, 0.25) is 5.82 Å². The predicted octanol–water partition coefficient (Wildman–Crippen LogP) is 4.93. The molecule has 0 amide bonds. The molecule has 114 valence electrons. The summed E-state index contributed by atoms with van der Waals surface area (Å²) < 4.78 is 65.7. The first kappa shape index (κ1) is 16.2. The van der Waals surface area contributed by atoms with Crippen molar-refractivity contribution in [2.45, 2.75) is 0 Å². The average molecular weight is 333 g/mol. The van der Waals surface area contributed by atoms with Crippen LogP contribution in [0.15, 0.2) is 30.3 Å². The molecule has 0 unspecified atom stereocenters. The molecule has 0 fully saturated rings. The van der Waals surface area contributed by atoms with Crippen molar-refractivity contribution in [2.75, 3.05) is 0 Å². The highest BCUT2D eigenvalue weighted by molar-refractivity contribution is 6.31. The van der Waals surface area contributed by atoms with E-state index in [1.54, 1.807) is 0 Å². The van der Waals surface area contributed by atoms with E-state index in [9.17, 15) is 26.7 Å². The second kappa shape index (κ2) is 6.27. The summed E-state index contributed by atoms with van der Waals surface area (Å²) in [6.07, 6.45) is 1.23. The van der Waals surface area contributed by atoms with E-state index in [0.717, 1.165) is 0 Å². The fourth-order valence-electron chi connectivity index (χ4n) is 1.67. The second-order valence-electron chi connectivity index (χ2n) is 4.19. The average Bonchev–Trinajstić information content (AvgIpc) is 2.50. The zero-order valence-corrected chi connectivity index (χ0v) is 11.4. The third-order valence-electron chi connectivity index (χ3n) is 2.75. The standard InChI is InChI=1S/C15H6ClF5O/c16-8-3-1-2-7(6-8)10(22)5-4-9-11(17)13(19)15(21)14(20)12(9)18/h1-6H/b5-4+. The normalized spacial score (nSPS) is 11.2. The summed E-state index contributed by atoms with van der Waals surface area (Å²) in [6, 6.07) is 5.66. The number of hydrogen-bond donors (Lipinski definition) is 0. The fourth-order valence-corrected chi connectivity index (χ4v) is 1.86. The van der Waals surface area contributed by atoms with E-state index >= 15 is 0 Å². The quantitative estimate of drug-likeness (QED) is 0.256. The van der Waals surface area contributed by atoms with Crippen LogP contribution >= 0.6 is 11.6 Å². The molecule has 22 heavy (non-hydrogen) atoms. The van der Waals surface area contributed by atoms with Crippen LogP contribution in [0.5, 0.6) is 0 Å². The molecule has 0 heterocycles. The molecular weight excluding hydrogens is 327 g/mol. The van der Waals surface area contributed by atoms with Gasteiger partial charge >= 0.3 is 0 Å². The monoisotopic (exact) mass is 332 g/mol. The zero-order chi connectivity index (χ0) is 16.4. The lowest BCUT2D eigenvalue weighted by molar-refractivity contribution is 0.104. The highest BCUT2D eigenvalue weighted by Gasteiger charge is 2.24. The van der Waals surface area contributed by atoms with E-state index in [1.165, 1.54) is 24.3 Å². The Morgan fingerprint density at radius 2 is 1.45 bits per heavy atom. The van der Waals surface area contributed by atoms with Crippen molar-refractivity contribution in [1.82, 2.24) is 0 Å². The van der Waals surface area contributed by atoms with Gasteiger partial charge in [0, 0.05) is 10.6 Å². The van der Waals surface area contributed by atoms with Crippen LogP contribution in [0.25, 0.3) is 6.08 Å². The van der Waals surface area contributed by atoms with E-state index in [1.807, 2.05) is 0 Å². The van der Waals surface area contributed by atoms with Gasteiger partial charge in [-0.2, -0.15) is 0 Å². The van der Waals surface area contributed by atoms with Crippen molar-refractivity contribution in [3.63, 3.8) is 0 Å². The van der Waals surface area contributed by atoms with Crippen LogP contribution < -0.4 is 0 Å². The molecule has 0 aromatic heterocycles. The van der Waals surface area contributed by atoms with Gasteiger partial charge in [-0.1, -0.05) is 23.7 Å². The maximum absolute atomic E-state index is 13.4. The van der Waals surface area contributed by atoms with Gasteiger partial charge in [-0.15, -0.1) is 0 Å². The molecule has 0 aliphatic heterocycles. The topological polar surface area (TPSA) is 17.1 Å². The van der Waals surface area contributed by atoms with Crippen molar-refractivity contribution >= 4 is 23.5 Å². The van der Waals surface area contributed by atoms with Gasteiger partial charge in [0.05, 0.1) is 5.56 Å². The SMILES string of the molecule is O=C(/C=C/c1c(F)c(F)c(F)c(F)c1F)c1cccc(Cl)c1. The van der Waals surface area contributed by atoms with E-state index in [4.69, 9.17) is 11.6 Å². The highest BCUT2D eigenvalue weighted by Crippen LogP contribution is 2.24. The van der Waals surface area contributed by atoms with Crippen LogP contribution in [0, 0.1) is 29.1 Å². The van der Waals surface area contributed by atoms with Crippen LogP contribution in [0.1, 0.15) is 15.9 Å². The number of halogens is 6. The lowest BCUT2D eigenvalue weighted by Gasteiger charge is -2.04. The number of carbonyl (C=O) groups excluding carboxylic acids is 1. The number of hydrogen-bond acceptors (Lipinski definition) is 1. The van der Waals surface area contributed by atoms with Crippen LogP contribution in [0.4, 0.5) is 22.0 Å². The number of allylic oxidation sites excluding steroid dienone is 1. The first-order chi connectivity index (χ1) is 10.3. The van der Waals surface area contributed by atoms with Gasteiger partial charge in [-0.05, 0) is 24.3 Å². The lowest BCUT2D eigenvalue weighted by atomic mass is 10.1. The molecule has 0 N–H and O–H groups in total. The summed E-state index contributed by atoms with van der Waals surface area (Å²) in [5.41, 5.74) is -1.08. The van der Waals surface area contributed by atoms with Gasteiger partial charge < -0.3 is 0 Å². The third-order valence-corrected chi connectivity index (χ3v) is 2.99. The van der Waals surface area contributed by atoms with Crippen molar-refractivity contribution < 1.29 is 26.7 Å². The Hall–Kier alpha value is -2.21. The van der Waals surface area contributed by atoms with Crippen LogP contribution in [0.3, 0.4) is 0 Å². The van der Waals surface area contributed by atoms with Crippen LogP contribution in [-0.2, 0) is 0 Å². The van der Waals surface area contributed by atoms with Crippen molar-refractivity contribution in [1.29, 1.82) is 0 Å². The molecule has 0 saturated heterocycles. The minimum absolute atomic E-state index is 0.104. The first-order valence-electron chi connectivity index (χ1n) is 5.82. The molecule has 0 atom stereocenters. The van der Waals surface area contributed by atoms with E-state index in [-0.39, 0.29) is 10.6 Å². The smallest absolute Gasteiger partial charge is 0.200 e. The molecule has 0 aliphatic carbocycles. The molecule has 2 rings (SSSR count). The third kappa shape index (κ3) is 3.01. The Kier molecular flexibility index (Phi) is 4.61. The zero-order valence-electron chi connectivity index (χ0n) is 10.6. The van der Waals surface area contributed by atoms with Crippen LogP contribution in [-0.4, -0.2) is 5.78 Å². The Bertz CT molecular complexity index is 757. The summed E-state index contributed by atoms with van der Waals surface area (Å²) in [7, 11) is 0. The van der Waals surface area contributed by atoms with Crippen molar-refractivity contribution in [3.8, 4) is 0 Å². The Morgan fingerprint density at radius 1 is 0.909 bits per heavy atom. The predicted molar refractivity (Wildman–Crippen MR) is 71.0 cm³/mol. The second-order valence-corrected chi connectivity index (χ2v) is 4.63. The van der Waals surface area contributed by atoms with E-state index < -0.39 is 40.4 Å². The molecule has 0 spiro atoms. The minimum Gasteiger partial charge on any atom is -0.289 e. The van der Waals surface area contributed by atoms with Gasteiger partial charge in [-0.3, -0.25) is 4.79 Å². The number of benzene rings is 2. The molecule has 0 bridgehead atoms. The molecular formula is C15H6ClF5O. The Morgan fingerprint density at radius 3 is 2.00 bits per heavy atom.